The number of hydrogen-bond donors (Lipinski definition) is 0. The first-order valence-corrected chi connectivity index (χ1v) is 10.9. The van der Waals surface area contributed by atoms with E-state index >= 15 is 0 Å². The van der Waals surface area contributed by atoms with E-state index in [2.05, 4.69) is 29.2 Å². The average molecular weight is 466 g/mol. The summed E-state index contributed by atoms with van der Waals surface area (Å²) in [6.07, 6.45) is 1.91. The lowest BCUT2D eigenvalue weighted by atomic mass is 10.0. The fraction of sp³-hybridized carbons (Fsp3) is 0.269. The molecule has 6 nitrogen and oxygen atoms in total. The van der Waals surface area contributed by atoms with Gasteiger partial charge in [0.05, 0.1) is 13.7 Å². The number of aromatic nitrogens is 1. The molecule has 0 radical (unpaired) electrons. The van der Waals surface area contributed by atoms with Crippen LogP contribution in [0, 0.1) is 0 Å². The molecule has 1 amide bonds. The number of ether oxygens (including phenoxy) is 1. The van der Waals surface area contributed by atoms with Crippen molar-refractivity contribution in [1.29, 1.82) is 0 Å². The van der Waals surface area contributed by atoms with Crippen molar-refractivity contribution in [2.45, 2.75) is 6.54 Å². The normalized spacial score (nSPS) is 14.3. The number of aryl methyl sites for hydroxylation is 1. The van der Waals surface area contributed by atoms with E-state index in [4.69, 9.17) is 9.15 Å². The number of carbonyl (C=O) groups excluding carboxylic acids is 1. The first-order chi connectivity index (χ1) is 15.6. The van der Waals surface area contributed by atoms with E-state index < -0.39 is 0 Å². The van der Waals surface area contributed by atoms with Crippen LogP contribution in [0.15, 0.2) is 71.3 Å². The Hall–Kier alpha value is -3.22. The molecule has 1 aliphatic rings. The Balaban J connectivity index is 0.00000259. The van der Waals surface area contributed by atoms with Crippen LogP contribution in [-0.4, -0.2) is 53.6 Å². The maximum absolute atomic E-state index is 12.7. The Labute approximate surface area is 199 Å². The molecule has 2 aromatic heterocycles. The van der Waals surface area contributed by atoms with Crippen LogP contribution in [0.3, 0.4) is 0 Å². The molecule has 1 saturated heterocycles. The molecule has 172 valence electrons. The van der Waals surface area contributed by atoms with Crippen LogP contribution in [-0.2, 0) is 13.6 Å². The van der Waals surface area contributed by atoms with Crippen LogP contribution in [0.4, 0.5) is 0 Å². The van der Waals surface area contributed by atoms with Crippen LogP contribution >= 0.6 is 12.4 Å². The summed E-state index contributed by atoms with van der Waals surface area (Å²) >= 11 is 0. The van der Waals surface area contributed by atoms with Gasteiger partial charge in [-0.3, -0.25) is 9.69 Å². The van der Waals surface area contributed by atoms with Gasteiger partial charge >= 0.3 is 0 Å². The molecule has 0 unspecified atom stereocenters. The minimum absolute atomic E-state index is 0. The third-order valence-corrected chi connectivity index (χ3v) is 6.19. The van der Waals surface area contributed by atoms with E-state index in [1.807, 2.05) is 59.1 Å². The first kappa shape index (κ1) is 23.0. The number of piperazine rings is 1. The lowest BCUT2D eigenvalue weighted by Crippen LogP contribution is -2.48. The Morgan fingerprint density at radius 3 is 2.52 bits per heavy atom. The molecule has 0 saturated carbocycles. The summed E-state index contributed by atoms with van der Waals surface area (Å²) in [6.45, 7) is 3.86. The van der Waals surface area contributed by atoms with Crippen LogP contribution in [0.25, 0.3) is 22.1 Å². The molecular weight excluding hydrogens is 438 g/mol. The number of benzene rings is 2. The highest BCUT2D eigenvalue weighted by atomic mass is 35.5. The minimum atomic E-state index is 0. The molecule has 5 rings (SSSR count). The van der Waals surface area contributed by atoms with Gasteiger partial charge in [-0.05, 0) is 42.0 Å². The van der Waals surface area contributed by atoms with Gasteiger partial charge in [0, 0.05) is 50.4 Å². The Kier molecular flexibility index (Phi) is 6.77. The third kappa shape index (κ3) is 4.63. The number of methoxy groups -OCH3 is 1. The van der Waals surface area contributed by atoms with Crippen molar-refractivity contribution in [2.75, 3.05) is 33.3 Å². The molecular formula is C26H28ClN3O3. The fourth-order valence-corrected chi connectivity index (χ4v) is 4.40. The van der Waals surface area contributed by atoms with Gasteiger partial charge in [-0.15, -0.1) is 12.4 Å². The van der Waals surface area contributed by atoms with E-state index in [-0.39, 0.29) is 18.3 Å². The lowest BCUT2D eigenvalue weighted by Gasteiger charge is -2.34. The first-order valence-electron chi connectivity index (χ1n) is 10.9. The van der Waals surface area contributed by atoms with Crippen LogP contribution in [0.5, 0.6) is 5.75 Å². The molecule has 1 fully saturated rings. The molecule has 0 aliphatic carbocycles. The minimum Gasteiger partial charge on any atom is -0.496 e. The summed E-state index contributed by atoms with van der Waals surface area (Å²) in [5, 5.41) is 1.08. The summed E-state index contributed by atoms with van der Waals surface area (Å²) in [6, 6.07) is 20.2. The number of carbonyl (C=O) groups is 1. The highest BCUT2D eigenvalue weighted by molar-refractivity contribution is 5.92. The SMILES string of the molecule is COc1ccccc1-c1ccc2oc(CN3CCN(C(=O)c4cccn4C)CC3)cc2c1.Cl. The quantitative estimate of drug-likeness (QED) is 0.423. The predicted molar refractivity (Wildman–Crippen MR) is 132 cm³/mol. The van der Waals surface area contributed by atoms with Crippen molar-refractivity contribution < 1.29 is 13.9 Å². The summed E-state index contributed by atoms with van der Waals surface area (Å²) in [5.41, 5.74) is 3.80. The molecule has 7 heteroatoms. The van der Waals surface area contributed by atoms with Crippen molar-refractivity contribution in [3.63, 3.8) is 0 Å². The van der Waals surface area contributed by atoms with Crippen molar-refractivity contribution in [3.8, 4) is 16.9 Å². The molecule has 0 N–H and O–H groups in total. The fourth-order valence-electron chi connectivity index (χ4n) is 4.40. The van der Waals surface area contributed by atoms with Gasteiger partial charge in [-0.25, -0.2) is 0 Å². The zero-order valence-corrected chi connectivity index (χ0v) is 19.7. The van der Waals surface area contributed by atoms with E-state index in [0.717, 1.165) is 72.0 Å². The third-order valence-electron chi connectivity index (χ3n) is 6.19. The van der Waals surface area contributed by atoms with Gasteiger partial charge in [0.1, 0.15) is 22.8 Å². The average Bonchev–Trinajstić information content (AvgIpc) is 3.43. The molecule has 0 bridgehead atoms. The molecule has 0 spiro atoms. The van der Waals surface area contributed by atoms with Crippen LogP contribution in [0.2, 0.25) is 0 Å². The van der Waals surface area contributed by atoms with Gasteiger partial charge in [0.15, 0.2) is 0 Å². The highest BCUT2D eigenvalue weighted by Gasteiger charge is 2.24. The Morgan fingerprint density at radius 2 is 1.79 bits per heavy atom. The van der Waals surface area contributed by atoms with E-state index in [0.29, 0.717) is 0 Å². The number of para-hydroxylation sites is 1. The van der Waals surface area contributed by atoms with Gasteiger partial charge in [0.25, 0.3) is 5.91 Å². The second-order valence-electron chi connectivity index (χ2n) is 8.24. The number of nitrogens with zero attached hydrogens (tertiary/aromatic N) is 3. The predicted octanol–water partition coefficient (Wildman–Crippen LogP) is 4.83. The van der Waals surface area contributed by atoms with E-state index in [9.17, 15) is 4.79 Å². The Bertz CT molecular complexity index is 1250. The number of furan rings is 1. The summed E-state index contributed by atoms with van der Waals surface area (Å²) in [4.78, 5) is 17.0. The number of halogens is 1. The summed E-state index contributed by atoms with van der Waals surface area (Å²) in [7, 11) is 3.60. The smallest absolute Gasteiger partial charge is 0.270 e. The van der Waals surface area contributed by atoms with E-state index in [1.54, 1.807) is 7.11 Å². The van der Waals surface area contributed by atoms with Crippen molar-refractivity contribution >= 4 is 29.3 Å². The zero-order valence-electron chi connectivity index (χ0n) is 18.9. The van der Waals surface area contributed by atoms with Crippen LogP contribution in [0.1, 0.15) is 16.2 Å². The van der Waals surface area contributed by atoms with Gasteiger partial charge in [-0.1, -0.05) is 24.3 Å². The maximum Gasteiger partial charge on any atom is 0.270 e. The van der Waals surface area contributed by atoms with Crippen LogP contribution < -0.4 is 4.74 Å². The molecule has 4 aromatic rings. The largest absolute Gasteiger partial charge is 0.496 e. The molecule has 1 aliphatic heterocycles. The standard InChI is InChI=1S/C26H27N3O3.ClH/c1-27-11-5-7-23(27)26(30)29-14-12-28(13-15-29)18-21-17-20-16-19(9-10-24(20)32-21)22-6-3-4-8-25(22)31-2;/h3-11,16-17H,12-15,18H2,1-2H3;1H. The zero-order chi connectivity index (χ0) is 22.1. The van der Waals surface area contributed by atoms with Gasteiger partial charge in [-0.2, -0.15) is 0 Å². The Morgan fingerprint density at radius 1 is 1.00 bits per heavy atom. The van der Waals surface area contributed by atoms with Gasteiger partial charge in [0.2, 0.25) is 0 Å². The van der Waals surface area contributed by atoms with E-state index in [1.165, 1.54) is 0 Å². The number of amides is 1. The number of fused-ring (bicyclic) bond motifs is 1. The van der Waals surface area contributed by atoms with Crippen molar-refractivity contribution in [1.82, 2.24) is 14.4 Å². The number of rotatable bonds is 5. The lowest BCUT2D eigenvalue weighted by molar-refractivity contribution is 0.0612. The maximum atomic E-state index is 12.7. The molecule has 3 heterocycles. The van der Waals surface area contributed by atoms with Gasteiger partial charge < -0.3 is 18.6 Å². The summed E-state index contributed by atoms with van der Waals surface area (Å²) < 4.78 is 13.5. The molecule has 2 aromatic carbocycles. The second kappa shape index (κ2) is 9.73. The summed E-state index contributed by atoms with van der Waals surface area (Å²) in [5.74, 6) is 1.91. The van der Waals surface area contributed by atoms with Crippen molar-refractivity contribution in [3.05, 3.63) is 78.3 Å². The molecule has 0 atom stereocenters. The van der Waals surface area contributed by atoms with Crippen molar-refractivity contribution in [2.24, 2.45) is 7.05 Å². The monoisotopic (exact) mass is 465 g/mol. The molecule has 33 heavy (non-hydrogen) atoms. The highest BCUT2D eigenvalue weighted by Crippen LogP contribution is 2.32. The second-order valence-corrected chi connectivity index (χ2v) is 8.24. The topological polar surface area (TPSA) is 50.9 Å². The number of hydrogen-bond acceptors (Lipinski definition) is 4.